The van der Waals surface area contributed by atoms with Crippen LogP contribution in [0.1, 0.15) is 31.7 Å². The third-order valence-electron chi connectivity index (χ3n) is 3.94. The van der Waals surface area contributed by atoms with Gasteiger partial charge in [0, 0.05) is 6.42 Å². The molecule has 2 aromatic rings. The molecule has 1 aromatic carbocycles. The minimum atomic E-state index is -0.737. The van der Waals surface area contributed by atoms with Gasteiger partial charge in [0.05, 0.1) is 27.7 Å². The number of methoxy groups -OCH3 is 1. The first kappa shape index (κ1) is 14.8. The Morgan fingerprint density at radius 2 is 2.10 bits per heavy atom. The van der Waals surface area contributed by atoms with Crippen LogP contribution in [0.5, 0.6) is 5.75 Å². The molecule has 4 nitrogen and oxygen atoms in total. The molecule has 108 valence electrons. The fourth-order valence-electron chi connectivity index (χ4n) is 2.32. The smallest absolute Gasteiger partial charge is 0.310 e. The topological polar surface area (TPSA) is 59.4 Å². The van der Waals surface area contributed by atoms with Gasteiger partial charge < -0.3 is 9.84 Å². The molecule has 0 saturated heterocycles. The van der Waals surface area contributed by atoms with Crippen LogP contribution in [0.15, 0.2) is 18.2 Å². The lowest BCUT2D eigenvalue weighted by atomic mass is 9.79. The van der Waals surface area contributed by atoms with E-state index in [0.29, 0.717) is 19.3 Å². The van der Waals surface area contributed by atoms with Gasteiger partial charge >= 0.3 is 5.97 Å². The van der Waals surface area contributed by atoms with Crippen LogP contribution in [-0.4, -0.2) is 23.2 Å². The lowest BCUT2D eigenvalue weighted by Crippen LogP contribution is -2.32. The molecule has 1 aromatic heterocycles. The number of fused-ring (bicyclic) bond motifs is 1. The number of thiazole rings is 1. The number of benzene rings is 1. The molecule has 0 bridgehead atoms. The van der Waals surface area contributed by atoms with Crippen molar-refractivity contribution in [2.75, 3.05) is 7.11 Å². The summed E-state index contributed by atoms with van der Waals surface area (Å²) in [4.78, 5) is 16.1. The molecule has 1 N–H and O–H groups in total. The zero-order valence-corrected chi connectivity index (χ0v) is 12.8. The maximum absolute atomic E-state index is 11.6. The van der Waals surface area contributed by atoms with Crippen molar-refractivity contribution in [3.8, 4) is 5.75 Å². The number of carboxylic acids is 1. The quantitative estimate of drug-likeness (QED) is 0.881. The molecule has 20 heavy (non-hydrogen) atoms. The summed E-state index contributed by atoms with van der Waals surface area (Å²) >= 11 is 1.55. The predicted octanol–water partition coefficient (Wildman–Crippen LogP) is 3.74. The Kier molecular flexibility index (Phi) is 4.28. The maximum atomic E-state index is 11.6. The molecule has 2 rings (SSSR count). The van der Waals surface area contributed by atoms with Gasteiger partial charge in [0.25, 0.3) is 0 Å². The summed E-state index contributed by atoms with van der Waals surface area (Å²) in [6.45, 7) is 3.85. The van der Waals surface area contributed by atoms with Crippen LogP contribution in [0.3, 0.4) is 0 Å². The first-order valence-corrected chi connectivity index (χ1v) is 7.53. The van der Waals surface area contributed by atoms with Crippen LogP contribution in [-0.2, 0) is 11.2 Å². The summed E-state index contributed by atoms with van der Waals surface area (Å²) in [5.74, 6) is 0.0579. The number of aliphatic carboxylic acids is 1. The second-order valence-corrected chi connectivity index (χ2v) is 6.03. The Morgan fingerprint density at radius 3 is 2.65 bits per heavy atom. The number of hydrogen-bond acceptors (Lipinski definition) is 4. The number of aromatic nitrogens is 1. The summed E-state index contributed by atoms with van der Waals surface area (Å²) in [6, 6.07) is 5.72. The zero-order valence-electron chi connectivity index (χ0n) is 12.0. The van der Waals surface area contributed by atoms with Crippen LogP contribution in [0.4, 0.5) is 0 Å². The van der Waals surface area contributed by atoms with E-state index in [0.717, 1.165) is 21.0 Å². The summed E-state index contributed by atoms with van der Waals surface area (Å²) in [7, 11) is 1.63. The molecule has 5 heteroatoms. The second-order valence-electron chi connectivity index (χ2n) is 4.91. The van der Waals surface area contributed by atoms with Crippen LogP contribution in [0, 0.1) is 5.41 Å². The second kappa shape index (κ2) is 5.79. The lowest BCUT2D eigenvalue weighted by Gasteiger charge is -2.25. The summed E-state index contributed by atoms with van der Waals surface area (Å²) in [5.41, 5.74) is 0.190. The average Bonchev–Trinajstić information content (AvgIpc) is 2.85. The van der Waals surface area contributed by atoms with Crippen molar-refractivity contribution in [2.45, 2.75) is 33.1 Å². The molecule has 0 aliphatic heterocycles. The Bertz CT molecular complexity index is 617. The molecule has 0 amide bonds. The normalized spacial score (nSPS) is 11.8. The van der Waals surface area contributed by atoms with E-state index >= 15 is 0 Å². The van der Waals surface area contributed by atoms with Crippen molar-refractivity contribution in [2.24, 2.45) is 5.41 Å². The molecule has 0 unspecified atom stereocenters. The number of carboxylic acid groups (broad SMARTS) is 1. The van der Waals surface area contributed by atoms with Gasteiger partial charge in [-0.25, -0.2) is 4.98 Å². The maximum Gasteiger partial charge on any atom is 0.310 e. The highest BCUT2D eigenvalue weighted by atomic mass is 32.1. The van der Waals surface area contributed by atoms with E-state index in [-0.39, 0.29) is 0 Å². The molecular weight excluding hydrogens is 274 g/mol. The van der Waals surface area contributed by atoms with E-state index in [1.54, 1.807) is 18.4 Å². The van der Waals surface area contributed by atoms with E-state index in [1.165, 1.54) is 0 Å². The Hall–Kier alpha value is -1.62. The predicted molar refractivity (Wildman–Crippen MR) is 80.5 cm³/mol. The number of hydrogen-bond donors (Lipinski definition) is 1. The third kappa shape index (κ3) is 2.63. The van der Waals surface area contributed by atoms with Crippen molar-refractivity contribution < 1.29 is 14.6 Å². The van der Waals surface area contributed by atoms with Gasteiger partial charge in [-0.3, -0.25) is 4.79 Å². The monoisotopic (exact) mass is 293 g/mol. The highest BCUT2D eigenvalue weighted by Crippen LogP contribution is 2.35. The van der Waals surface area contributed by atoms with Crippen molar-refractivity contribution in [1.82, 2.24) is 4.98 Å². The molecule has 0 aliphatic rings. The van der Waals surface area contributed by atoms with Gasteiger partial charge in [-0.2, -0.15) is 0 Å². The summed E-state index contributed by atoms with van der Waals surface area (Å²) < 4.78 is 6.23. The van der Waals surface area contributed by atoms with Crippen molar-refractivity contribution in [3.05, 3.63) is 23.2 Å². The van der Waals surface area contributed by atoms with Gasteiger partial charge in [0.15, 0.2) is 0 Å². The van der Waals surface area contributed by atoms with Crippen LogP contribution in [0.2, 0.25) is 0 Å². The van der Waals surface area contributed by atoms with Gasteiger partial charge in [-0.15, -0.1) is 11.3 Å². The lowest BCUT2D eigenvalue weighted by molar-refractivity contribution is -0.149. The minimum absolute atomic E-state index is 0.483. The first-order chi connectivity index (χ1) is 9.54. The van der Waals surface area contributed by atoms with E-state index in [1.807, 2.05) is 32.0 Å². The summed E-state index contributed by atoms with van der Waals surface area (Å²) in [5, 5.41) is 10.4. The third-order valence-corrected chi connectivity index (χ3v) is 4.95. The molecule has 0 radical (unpaired) electrons. The fraction of sp³-hybridized carbons (Fsp3) is 0.467. The van der Waals surface area contributed by atoms with Gasteiger partial charge in [0.1, 0.15) is 5.75 Å². The number of carbonyl (C=O) groups is 1. The Labute approximate surface area is 122 Å². The standard InChI is InChI=1S/C15H19NO3S/c1-4-15(5-2,14(17)18)9-13-16-11-7-6-10(19-3)8-12(11)20-13/h6-8H,4-5,9H2,1-3H3,(H,17,18). The molecule has 0 saturated carbocycles. The summed E-state index contributed by atoms with van der Waals surface area (Å²) in [6.07, 6.45) is 1.70. The minimum Gasteiger partial charge on any atom is -0.497 e. The van der Waals surface area contributed by atoms with Gasteiger partial charge in [-0.1, -0.05) is 13.8 Å². The van der Waals surface area contributed by atoms with Crippen LogP contribution >= 0.6 is 11.3 Å². The first-order valence-electron chi connectivity index (χ1n) is 6.71. The molecule has 0 aliphatic carbocycles. The van der Waals surface area contributed by atoms with Crippen molar-refractivity contribution >= 4 is 27.5 Å². The molecule has 0 fully saturated rings. The number of ether oxygens (including phenoxy) is 1. The van der Waals surface area contributed by atoms with Crippen molar-refractivity contribution in [3.63, 3.8) is 0 Å². The van der Waals surface area contributed by atoms with Crippen LogP contribution in [0.25, 0.3) is 10.2 Å². The SMILES string of the molecule is CCC(CC)(Cc1nc2ccc(OC)cc2s1)C(=O)O. The van der Waals surface area contributed by atoms with E-state index < -0.39 is 11.4 Å². The van der Waals surface area contributed by atoms with Crippen LogP contribution < -0.4 is 4.74 Å². The van der Waals surface area contributed by atoms with E-state index in [9.17, 15) is 9.90 Å². The molecular formula is C15H19NO3S. The van der Waals surface area contributed by atoms with Crippen molar-refractivity contribution in [1.29, 1.82) is 0 Å². The number of rotatable bonds is 6. The van der Waals surface area contributed by atoms with Gasteiger partial charge in [0.2, 0.25) is 0 Å². The molecule has 0 spiro atoms. The largest absolute Gasteiger partial charge is 0.497 e. The number of nitrogens with zero attached hydrogens (tertiary/aromatic N) is 1. The fourth-order valence-corrected chi connectivity index (χ4v) is 3.46. The molecule has 1 heterocycles. The highest BCUT2D eigenvalue weighted by Gasteiger charge is 2.36. The van der Waals surface area contributed by atoms with E-state index in [2.05, 4.69) is 4.98 Å². The van der Waals surface area contributed by atoms with Gasteiger partial charge in [-0.05, 0) is 31.0 Å². The highest BCUT2D eigenvalue weighted by molar-refractivity contribution is 7.18. The Morgan fingerprint density at radius 1 is 1.40 bits per heavy atom. The Balaban J connectivity index is 2.35. The molecule has 0 atom stereocenters. The average molecular weight is 293 g/mol. The van der Waals surface area contributed by atoms with E-state index in [4.69, 9.17) is 4.74 Å². The zero-order chi connectivity index (χ0) is 14.8.